The second-order valence-corrected chi connectivity index (χ2v) is 9.98. The average Bonchev–Trinajstić information content (AvgIpc) is 3.00. The maximum atomic E-state index is 12.1. The van der Waals surface area contributed by atoms with Crippen LogP contribution in [-0.4, -0.2) is 49.2 Å². The van der Waals surface area contributed by atoms with Crippen molar-refractivity contribution in [3.63, 3.8) is 0 Å². The third-order valence-electron chi connectivity index (χ3n) is 6.91. The van der Waals surface area contributed by atoms with Gasteiger partial charge in [-0.25, -0.2) is 0 Å². The Hall–Kier alpha value is -4.98. The number of carbonyl (C=O) groups is 2. The lowest BCUT2D eigenvalue weighted by molar-refractivity contribution is -0.136. The van der Waals surface area contributed by atoms with Crippen LogP contribution in [0, 0.1) is 0 Å². The minimum absolute atomic E-state index is 0.0673. The zero-order chi connectivity index (χ0) is 30.4. The molecule has 1 amide bonds. The fourth-order valence-corrected chi connectivity index (χ4v) is 4.41. The molecule has 4 aromatic rings. The van der Waals surface area contributed by atoms with Gasteiger partial charge in [-0.3, -0.25) is 9.59 Å². The van der Waals surface area contributed by atoms with Gasteiger partial charge in [-0.2, -0.15) is 0 Å². The number of rotatable bonds is 12. The largest absolute Gasteiger partial charge is 0.496 e. The molecule has 1 heterocycles. The fraction of sp³-hybridized carbons (Fsp3) is 0.257. The van der Waals surface area contributed by atoms with Gasteiger partial charge in [0.25, 0.3) is 0 Å². The molecule has 5 rings (SSSR count). The number of hydrogen-bond acceptors (Lipinski definition) is 6. The summed E-state index contributed by atoms with van der Waals surface area (Å²) in [5, 5.41) is 8.82. The molecular formula is C35H37NO7. The zero-order valence-electron chi connectivity index (χ0n) is 24.5. The normalized spacial score (nSPS) is 11.8. The summed E-state index contributed by atoms with van der Waals surface area (Å²) in [4.78, 5) is 24.7. The lowest BCUT2D eigenvalue weighted by Gasteiger charge is -2.31. The van der Waals surface area contributed by atoms with E-state index in [2.05, 4.69) is 0 Å². The molecule has 0 spiro atoms. The van der Waals surface area contributed by atoms with Crippen LogP contribution in [0.4, 0.5) is 0 Å². The number of carboxylic acids is 1. The number of benzene rings is 4. The van der Waals surface area contributed by atoms with Crippen LogP contribution in [-0.2, 0) is 35.6 Å². The molecule has 1 fully saturated rings. The molecule has 1 saturated heterocycles. The van der Waals surface area contributed by atoms with Gasteiger partial charge in [0.15, 0.2) is 0 Å². The monoisotopic (exact) mass is 583 g/mol. The molecule has 1 aliphatic heterocycles. The highest BCUT2D eigenvalue weighted by atomic mass is 16.5. The zero-order valence-corrected chi connectivity index (χ0v) is 24.5. The van der Waals surface area contributed by atoms with Crippen LogP contribution >= 0.6 is 0 Å². The predicted molar refractivity (Wildman–Crippen MR) is 164 cm³/mol. The van der Waals surface area contributed by atoms with Crippen LogP contribution in [0.5, 0.6) is 23.0 Å². The molecule has 224 valence electrons. The highest BCUT2D eigenvalue weighted by Crippen LogP contribution is 2.27. The number of methoxy groups -OCH3 is 2. The highest BCUT2D eigenvalue weighted by molar-refractivity contribution is 5.80. The minimum atomic E-state index is -0.888. The maximum absolute atomic E-state index is 12.1. The Morgan fingerprint density at radius 3 is 1.53 bits per heavy atom. The van der Waals surface area contributed by atoms with E-state index >= 15 is 0 Å². The van der Waals surface area contributed by atoms with Gasteiger partial charge < -0.3 is 29.0 Å². The summed E-state index contributed by atoms with van der Waals surface area (Å²) in [5.74, 6) is 1.89. The van der Waals surface area contributed by atoms with Crippen LogP contribution in [0.2, 0.25) is 0 Å². The number of amides is 1. The lowest BCUT2D eigenvalue weighted by Crippen LogP contribution is -2.42. The highest BCUT2D eigenvalue weighted by Gasteiger charge is 2.21. The molecule has 8 nitrogen and oxygen atoms in total. The van der Waals surface area contributed by atoms with Gasteiger partial charge in [-0.05, 0) is 29.7 Å². The topological polar surface area (TPSA) is 94.5 Å². The first-order chi connectivity index (χ1) is 20.9. The van der Waals surface area contributed by atoms with E-state index in [1.54, 1.807) is 25.3 Å². The third-order valence-corrected chi connectivity index (χ3v) is 6.91. The van der Waals surface area contributed by atoms with E-state index < -0.39 is 5.97 Å². The van der Waals surface area contributed by atoms with Crippen molar-refractivity contribution in [2.75, 3.05) is 27.3 Å². The van der Waals surface area contributed by atoms with E-state index in [9.17, 15) is 9.59 Å². The number of nitrogens with zero attached hydrogens (tertiary/aromatic N) is 1. The lowest BCUT2D eigenvalue weighted by atomic mass is 10.1. The standard InChI is InChI=1S/C19H21NO3.C16H16O4/c1-22-18-13-17(23-14-15-6-3-2-4-7-15)9-8-16(18)12-19(21)20-10-5-11-20;1-19-15-10-14(8-7-13(15)9-16(17)18)20-11-12-5-3-2-4-6-12/h2-4,6-9,13H,5,10-12,14H2,1H3;2-8,10H,9,11H2,1H3,(H,17,18). The molecule has 0 atom stereocenters. The number of hydrogen-bond donors (Lipinski definition) is 1. The molecule has 1 N–H and O–H groups in total. The van der Waals surface area contributed by atoms with Crippen molar-refractivity contribution in [3.8, 4) is 23.0 Å². The van der Waals surface area contributed by atoms with Crippen molar-refractivity contribution in [1.29, 1.82) is 0 Å². The fourth-order valence-electron chi connectivity index (χ4n) is 4.41. The third kappa shape index (κ3) is 9.53. The smallest absolute Gasteiger partial charge is 0.307 e. The summed E-state index contributed by atoms with van der Waals surface area (Å²) in [5.41, 5.74) is 3.72. The van der Waals surface area contributed by atoms with Gasteiger partial charge in [-0.15, -0.1) is 0 Å². The molecule has 0 saturated carbocycles. The molecule has 0 radical (unpaired) electrons. The summed E-state index contributed by atoms with van der Waals surface area (Å²) in [6.07, 6.45) is 1.42. The second kappa shape index (κ2) is 15.9. The molecule has 1 aliphatic rings. The van der Waals surface area contributed by atoms with Gasteiger partial charge in [0.2, 0.25) is 5.91 Å². The molecule has 4 aromatic carbocycles. The molecular weight excluding hydrogens is 546 g/mol. The van der Waals surface area contributed by atoms with Crippen LogP contribution in [0.25, 0.3) is 0 Å². The van der Waals surface area contributed by atoms with Crippen LogP contribution < -0.4 is 18.9 Å². The van der Waals surface area contributed by atoms with Crippen molar-refractivity contribution in [2.24, 2.45) is 0 Å². The summed E-state index contributed by atoms with van der Waals surface area (Å²) >= 11 is 0. The number of likely N-dealkylation sites (tertiary alicyclic amines) is 1. The van der Waals surface area contributed by atoms with Crippen LogP contribution in [0.15, 0.2) is 97.1 Å². The first kappa shape index (κ1) is 31.0. The van der Waals surface area contributed by atoms with Gasteiger partial charge in [0.05, 0.1) is 27.1 Å². The summed E-state index contributed by atoms with van der Waals surface area (Å²) in [7, 11) is 3.13. The van der Waals surface area contributed by atoms with Crippen molar-refractivity contribution in [1.82, 2.24) is 4.90 Å². The Morgan fingerprint density at radius 2 is 1.14 bits per heavy atom. The minimum Gasteiger partial charge on any atom is -0.496 e. The Labute approximate surface area is 252 Å². The molecule has 0 bridgehead atoms. The predicted octanol–water partition coefficient (Wildman–Crippen LogP) is 5.95. The second-order valence-electron chi connectivity index (χ2n) is 9.98. The van der Waals surface area contributed by atoms with Crippen molar-refractivity contribution in [3.05, 3.63) is 119 Å². The summed E-state index contributed by atoms with van der Waals surface area (Å²) < 4.78 is 22.1. The number of carboxylic acid groups (broad SMARTS) is 1. The van der Waals surface area contributed by atoms with Crippen LogP contribution in [0.1, 0.15) is 28.7 Å². The van der Waals surface area contributed by atoms with E-state index in [0.29, 0.717) is 42.4 Å². The Kier molecular flexibility index (Phi) is 11.4. The molecule has 43 heavy (non-hydrogen) atoms. The van der Waals surface area contributed by atoms with E-state index in [4.69, 9.17) is 24.1 Å². The van der Waals surface area contributed by atoms with E-state index in [1.165, 1.54) is 7.11 Å². The first-order valence-electron chi connectivity index (χ1n) is 14.1. The number of carbonyl (C=O) groups excluding carboxylic acids is 1. The Balaban J connectivity index is 0.000000199. The van der Waals surface area contributed by atoms with Crippen molar-refractivity contribution >= 4 is 11.9 Å². The van der Waals surface area contributed by atoms with E-state index in [0.717, 1.165) is 42.0 Å². The van der Waals surface area contributed by atoms with E-state index in [1.807, 2.05) is 83.8 Å². The molecule has 0 unspecified atom stereocenters. The molecule has 8 heteroatoms. The number of aliphatic carboxylic acids is 1. The number of ether oxygens (including phenoxy) is 4. The Bertz CT molecular complexity index is 1470. The summed E-state index contributed by atoms with van der Waals surface area (Å²) in [6, 6.07) is 30.7. The van der Waals surface area contributed by atoms with E-state index in [-0.39, 0.29) is 12.3 Å². The first-order valence-corrected chi connectivity index (χ1v) is 14.1. The van der Waals surface area contributed by atoms with Crippen molar-refractivity contribution in [2.45, 2.75) is 32.5 Å². The SMILES string of the molecule is COc1cc(OCc2ccccc2)ccc1CC(=O)N1CCC1.COc1cc(OCc2ccccc2)ccc1CC(=O)O. The average molecular weight is 584 g/mol. The quantitative estimate of drug-likeness (QED) is 0.220. The molecule has 0 aliphatic carbocycles. The Morgan fingerprint density at radius 1 is 0.674 bits per heavy atom. The summed E-state index contributed by atoms with van der Waals surface area (Å²) in [6.45, 7) is 2.72. The van der Waals surface area contributed by atoms with Gasteiger partial charge in [0.1, 0.15) is 36.2 Å². The van der Waals surface area contributed by atoms with Gasteiger partial charge >= 0.3 is 5.97 Å². The van der Waals surface area contributed by atoms with Gasteiger partial charge in [0, 0.05) is 36.3 Å². The van der Waals surface area contributed by atoms with Crippen molar-refractivity contribution < 1.29 is 33.6 Å². The van der Waals surface area contributed by atoms with Gasteiger partial charge in [-0.1, -0.05) is 72.8 Å². The maximum Gasteiger partial charge on any atom is 0.307 e. The molecule has 0 aromatic heterocycles. The van der Waals surface area contributed by atoms with Crippen LogP contribution in [0.3, 0.4) is 0 Å².